The van der Waals surface area contributed by atoms with Gasteiger partial charge in [0.25, 0.3) is 0 Å². The minimum atomic E-state index is -0.764. The van der Waals surface area contributed by atoms with Crippen molar-refractivity contribution in [2.45, 2.75) is 64.7 Å². The molecule has 140 valence electrons. The monoisotopic (exact) mass is 355 g/mol. The van der Waals surface area contributed by atoms with Gasteiger partial charge in [0, 0.05) is 0 Å². The van der Waals surface area contributed by atoms with Gasteiger partial charge in [0.2, 0.25) is 0 Å². The van der Waals surface area contributed by atoms with Crippen molar-refractivity contribution in [3.05, 3.63) is 22.5 Å². The van der Waals surface area contributed by atoms with Crippen LogP contribution in [0.15, 0.2) is 11.0 Å². The fraction of sp³-hybridized carbons (Fsp3) is 0.706. The number of nitrogens with zero attached hydrogens (tertiary/aromatic N) is 2. The van der Waals surface area contributed by atoms with Crippen LogP contribution in [0.1, 0.15) is 58.6 Å². The normalized spacial score (nSPS) is 20.2. The summed E-state index contributed by atoms with van der Waals surface area (Å²) in [5.41, 5.74) is 4.62. The molecule has 0 bridgehead atoms. The molecular formula is C17H26FN3O4. The van der Waals surface area contributed by atoms with E-state index in [0.717, 1.165) is 36.4 Å². The number of hydrogen-bond acceptors (Lipinski definition) is 6. The third-order valence-electron chi connectivity index (χ3n) is 4.35. The van der Waals surface area contributed by atoms with E-state index in [1.165, 1.54) is 0 Å². The van der Waals surface area contributed by atoms with Crippen molar-refractivity contribution in [2.75, 3.05) is 12.3 Å². The van der Waals surface area contributed by atoms with Crippen LogP contribution < -0.4 is 11.4 Å². The summed E-state index contributed by atoms with van der Waals surface area (Å²) < 4.78 is 25.7. The molecule has 0 aromatic carbocycles. The highest BCUT2D eigenvalue weighted by Gasteiger charge is 2.29. The molecule has 2 N–H and O–H groups in total. The first-order chi connectivity index (χ1) is 12.0. The van der Waals surface area contributed by atoms with Crippen molar-refractivity contribution < 1.29 is 18.7 Å². The van der Waals surface area contributed by atoms with Gasteiger partial charge >= 0.3 is 11.7 Å². The molecule has 2 rings (SSSR count). The molecule has 0 radical (unpaired) electrons. The molecule has 1 aliphatic heterocycles. The number of carbonyl (C=O) groups is 1. The molecule has 2 atom stereocenters. The molecule has 0 aliphatic carbocycles. The second-order valence-electron chi connectivity index (χ2n) is 6.36. The zero-order valence-electron chi connectivity index (χ0n) is 14.7. The zero-order chi connectivity index (χ0) is 18.4. The van der Waals surface area contributed by atoms with Gasteiger partial charge in [-0.2, -0.15) is 4.98 Å². The summed E-state index contributed by atoms with van der Waals surface area (Å²) in [6, 6.07) is 0. The molecule has 1 aromatic rings. The molecular weight excluding hydrogens is 329 g/mol. The molecule has 0 spiro atoms. The molecule has 1 aromatic heterocycles. The van der Waals surface area contributed by atoms with E-state index in [9.17, 15) is 14.0 Å². The SMILES string of the molecule is CCCC(CCC)C(=O)OCC1CCC(n2cc(F)c(N)nc2=O)O1. The molecule has 8 heteroatoms. The Labute approximate surface area is 146 Å². The van der Waals surface area contributed by atoms with E-state index in [2.05, 4.69) is 4.98 Å². The molecule has 1 fully saturated rings. The van der Waals surface area contributed by atoms with E-state index < -0.39 is 23.6 Å². The summed E-state index contributed by atoms with van der Waals surface area (Å²) in [4.78, 5) is 27.4. The van der Waals surface area contributed by atoms with Crippen molar-refractivity contribution in [2.24, 2.45) is 5.92 Å². The number of hydrogen-bond donors (Lipinski definition) is 1. The first-order valence-electron chi connectivity index (χ1n) is 8.82. The predicted molar refractivity (Wildman–Crippen MR) is 90.3 cm³/mol. The number of ether oxygens (including phenoxy) is 2. The van der Waals surface area contributed by atoms with Crippen molar-refractivity contribution in [1.82, 2.24) is 9.55 Å². The number of carbonyl (C=O) groups excluding carboxylic acids is 1. The molecule has 0 amide bonds. The largest absolute Gasteiger partial charge is 0.463 e. The summed E-state index contributed by atoms with van der Waals surface area (Å²) >= 11 is 0. The van der Waals surface area contributed by atoms with E-state index in [-0.39, 0.29) is 24.6 Å². The average molecular weight is 355 g/mol. The zero-order valence-corrected chi connectivity index (χ0v) is 14.7. The van der Waals surface area contributed by atoms with Gasteiger partial charge in [0.05, 0.1) is 18.2 Å². The van der Waals surface area contributed by atoms with E-state index in [1.54, 1.807) is 0 Å². The minimum absolute atomic E-state index is 0.0785. The van der Waals surface area contributed by atoms with Crippen LogP contribution in [0.5, 0.6) is 0 Å². The fourth-order valence-electron chi connectivity index (χ4n) is 3.05. The Kier molecular flexibility index (Phi) is 6.92. The summed E-state index contributed by atoms with van der Waals surface area (Å²) in [7, 11) is 0. The van der Waals surface area contributed by atoms with Gasteiger partial charge in [0.15, 0.2) is 11.6 Å². The number of esters is 1. The van der Waals surface area contributed by atoms with Gasteiger partial charge in [-0.25, -0.2) is 9.18 Å². The molecule has 0 saturated carbocycles. The van der Waals surface area contributed by atoms with E-state index >= 15 is 0 Å². The quantitative estimate of drug-likeness (QED) is 0.719. The van der Waals surface area contributed by atoms with Crippen molar-refractivity contribution in [3.8, 4) is 0 Å². The summed E-state index contributed by atoms with van der Waals surface area (Å²) in [5, 5.41) is 0. The van der Waals surface area contributed by atoms with Gasteiger partial charge in [0.1, 0.15) is 12.8 Å². The van der Waals surface area contributed by atoms with Crippen LogP contribution in [0.25, 0.3) is 0 Å². The number of halogens is 1. The molecule has 1 aliphatic rings. The maximum absolute atomic E-state index is 13.5. The lowest BCUT2D eigenvalue weighted by Gasteiger charge is -2.18. The molecule has 2 unspecified atom stereocenters. The number of rotatable bonds is 8. The lowest BCUT2D eigenvalue weighted by atomic mass is 9.99. The Hall–Kier alpha value is -1.96. The Morgan fingerprint density at radius 2 is 2.12 bits per heavy atom. The average Bonchev–Trinajstić information content (AvgIpc) is 3.04. The number of nitrogens with two attached hydrogens (primary N) is 1. The molecule has 25 heavy (non-hydrogen) atoms. The molecule has 2 heterocycles. The van der Waals surface area contributed by atoms with Gasteiger partial charge in [-0.1, -0.05) is 26.7 Å². The third-order valence-corrected chi connectivity index (χ3v) is 4.35. The standard InChI is InChI=1S/C17H26FN3O4/c1-3-5-11(6-4-2)16(22)24-10-12-7-8-14(25-12)21-9-13(18)15(19)20-17(21)23/h9,11-12,14H,3-8,10H2,1-2H3,(H2,19,20,23). The van der Waals surface area contributed by atoms with Gasteiger partial charge in [-0.05, 0) is 25.7 Å². The van der Waals surface area contributed by atoms with Gasteiger partial charge in [-0.15, -0.1) is 0 Å². The highest BCUT2D eigenvalue weighted by atomic mass is 19.1. The molecule has 7 nitrogen and oxygen atoms in total. The van der Waals surface area contributed by atoms with Crippen molar-refractivity contribution >= 4 is 11.8 Å². The van der Waals surface area contributed by atoms with Crippen LogP contribution in [0, 0.1) is 11.7 Å². The Balaban J connectivity index is 1.90. The number of aromatic nitrogens is 2. The van der Waals surface area contributed by atoms with Crippen LogP contribution in [-0.4, -0.2) is 28.2 Å². The fourth-order valence-corrected chi connectivity index (χ4v) is 3.05. The Morgan fingerprint density at radius 3 is 2.76 bits per heavy atom. The number of anilines is 1. The molecule has 1 saturated heterocycles. The van der Waals surface area contributed by atoms with E-state index in [0.29, 0.717) is 12.8 Å². The lowest BCUT2D eigenvalue weighted by molar-refractivity contribution is -0.153. The van der Waals surface area contributed by atoms with Crippen molar-refractivity contribution in [3.63, 3.8) is 0 Å². The minimum Gasteiger partial charge on any atom is -0.463 e. The Morgan fingerprint density at radius 1 is 1.44 bits per heavy atom. The highest BCUT2D eigenvalue weighted by Crippen LogP contribution is 2.28. The van der Waals surface area contributed by atoms with Crippen LogP contribution in [-0.2, 0) is 14.3 Å². The number of nitrogen functional groups attached to an aromatic ring is 1. The summed E-state index contributed by atoms with van der Waals surface area (Å²) in [6.07, 6.45) is 4.68. The highest BCUT2D eigenvalue weighted by molar-refractivity contribution is 5.72. The van der Waals surface area contributed by atoms with Gasteiger partial charge in [-0.3, -0.25) is 9.36 Å². The second kappa shape index (κ2) is 8.94. The first-order valence-corrected chi connectivity index (χ1v) is 8.82. The predicted octanol–water partition coefficient (Wildman–Crippen LogP) is 2.40. The summed E-state index contributed by atoms with van der Waals surface area (Å²) in [5.74, 6) is -1.47. The maximum atomic E-state index is 13.5. The first kappa shape index (κ1) is 19.4. The topological polar surface area (TPSA) is 96.4 Å². The van der Waals surface area contributed by atoms with Crippen LogP contribution in [0.3, 0.4) is 0 Å². The van der Waals surface area contributed by atoms with Crippen LogP contribution in [0.4, 0.5) is 10.2 Å². The van der Waals surface area contributed by atoms with Gasteiger partial charge < -0.3 is 15.2 Å². The second-order valence-corrected chi connectivity index (χ2v) is 6.36. The summed E-state index contributed by atoms with van der Waals surface area (Å²) in [6.45, 7) is 4.22. The van der Waals surface area contributed by atoms with E-state index in [4.69, 9.17) is 15.2 Å². The maximum Gasteiger partial charge on any atom is 0.351 e. The lowest BCUT2D eigenvalue weighted by Crippen LogP contribution is -2.29. The van der Waals surface area contributed by atoms with Crippen LogP contribution in [0.2, 0.25) is 0 Å². The van der Waals surface area contributed by atoms with Crippen molar-refractivity contribution in [1.29, 1.82) is 0 Å². The van der Waals surface area contributed by atoms with E-state index in [1.807, 2.05) is 13.8 Å². The smallest absolute Gasteiger partial charge is 0.351 e. The van der Waals surface area contributed by atoms with Crippen LogP contribution >= 0.6 is 0 Å². The third kappa shape index (κ3) is 5.01. The Bertz CT molecular complexity index is 643.